The van der Waals surface area contributed by atoms with Gasteiger partial charge in [-0.1, -0.05) is 13.3 Å². The van der Waals surface area contributed by atoms with Crippen molar-refractivity contribution in [2.24, 2.45) is 5.92 Å². The quantitative estimate of drug-likeness (QED) is 0.792. The van der Waals surface area contributed by atoms with Crippen molar-refractivity contribution in [2.75, 3.05) is 7.11 Å². The summed E-state index contributed by atoms with van der Waals surface area (Å²) < 4.78 is 8.50. The Morgan fingerprint density at radius 2 is 2.05 bits per heavy atom. The van der Waals surface area contributed by atoms with Crippen LogP contribution in [0.4, 0.5) is 0 Å². The minimum atomic E-state index is 0.565. The van der Waals surface area contributed by atoms with Gasteiger partial charge in [0.05, 0.1) is 23.1 Å². The molecule has 1 heterocycles. The van der Waals surface area contributed by atoms with Crippen LogP contribution < -0.4 is 4.74 Å². The highest BCUT2D eigenvalue weighted by Crippen LogP contribution is 2.35. The average molecular weight is 337 g/mol. The Bertz CT molecular complexity index is 600. The molecule has 0 atom stereocenters. The maximum absolute atomic E-state index is 5.34. The van der Waals surface area contributed by atoms with Crippen molar-refractivity contribution >= 4 is 26.8 Å². The van der Waals surface area contributed by atoms with Crippen molar-refractivity contribution in [1.29, 1.82) is 0 Å². The molecule has 1 aliphatic rings. The number of aromatic nitrogens is 2. The molecule has 0 radical (unpaired) electrons. The van der Waals surface area contributed by atoms with E-state index >= 15 is 0 Å². The van der Waals surface area contributed by atoms with Crippen LogP contribution in [-0.4, -0.2) is 16.9 Å². The summed E-state index contributed by atoms with van der Waals surface area (Å²) in [6.07, 6.45) is 8.68. The molecule has 1 aliphatic carbocycles. The Balaban J connectivity index is 1.86. The summed E-state index contributed by atoms with van der Waals surface area (Å²) >= 11 is 3.54. The monoisotopic (exact) mass is 336 g/mol. The molecule has 3 rings (SSSR count). The van der Waals surface area contributed by atoms with Crippen LogP contribution in [0.1, 0.15) is 45.1 Å². The number of fused-ring (bicyclic) bond motifs is 1. The van der Waals surface area contributed by atoms with Gasteiger partial charge in [-0.15, -0.1) is 0 Å². The van der Waals surface area contributed by atoms with E-state index < -0.39 is 0 Å². The van der Waals surface area contributed by atoms with Crippen molar-refractivity contribution in [3.8, 4) is 5.75 Å². The maximum Gasteiger partial charge on any atom is 0.135 e. The molecule has 1 saturated carbocycles. The summed E-state index contributed by atoms with van der Waals surface area (Å²) in [6.45, 7) is 2.30. The number of halogens is 1. The van der Waals surface area contributed by atoms with E-state index in [1.54, 1.807) is 7.11 Å². The van der Waals surface area contributed by atoms with Crippen molar-refractivity contribution < 1.29 is 4.74 Å². The fraction of sp³-hybridized carbons (Fsp3) is 0.562. The van der Waals surface area contributed by atoms with Gasteiger partial charge >= 0.3 is 0 Å². The molecular formula is C16H21BrN2O. The predicted octanol–water partition coefficient (Wildman–Crippen LogP) is 4.95. The number of rotatable bonds is 3. The van der Waals surface area contributed by atoms with E-state index in [9.17, 15) is 0 Å². The second kappa shape index (κ2) is 5.76. The molecule has 4 heteroatoms. The first-order valence-corrected chi connectivity index (χ1v) is 8.23. The van der Waals surface area contributed by atoms with Gasteiger partial charge in [-0.2, -0.15) is 5.10 Å². The van der Waals surface area contributed by atoms with E-state index in [0.717, 1.165) is 21.7 Å². The largest absolute Gasteiger partial charge is 0.495 e. The molecule has 20 heavy (non-hydrogen) atoms. The maximum atomic E-state index is 5.34. The molecule has 108 valence electrons. The van der Waals surface area contributed by atoms with Crippen LogP contribution in [0.2, 0.25) is 0 Å². The second-order valence-electron chi connectivity index (χ2n) is 5.74. The standard InChI is InChI=1S/C16H21BrN2O/c1-3-11-4-6-13(7-5-11)19-10-12-8-14(17)16(20-2)9-15(12)18-19/h8-11,13H,3-7H2,1-2H3/t11-,13-. The van der Waals surface area contributed by atoms with Crippen LogP contribution >= 0.6 is 15.9 Å². The van der Waals surface area contributed by atoms with Crippen molar-refractivity contribution in [2.45, 2.75) is 45.1 Å². The lowest BCUT2D eigenvalue weighted by Crippen LogP contribution is -2.18. The third-order valence-electron chi connectivity index (χ3n) is 4.56. The van der Waals surface area contributed by atoms with Crippen LogP contribution in [0.3, 0.4) is 0 Å². The highest BCUT2D eigenvalue weighted by Gasteiger charge is 2.22. The minimum absolute atomic E-state index is 0.565. The zero-order chi connectivity index (χ0) is 14.1. The summed E-state index contributed by atoms with van der Waals surface area (Å²) in [5.74, 6) is 1.77. The third-order valence-corrected chi connectivity index (χ3v) is 5.18. The van der Waals surface area contributed by atoms with Crippen molar-refractivity contribution in [3.05, 3.63) is 22.8 Å². The number of hydrogen-bond acceptors (Lipinski definition) is 2. The van der Waals surface area contributed by atoms with Gasteiger partial charge in [0.15, 0.2) is 0 Å². The Morgan fingerprint density at radius 1 is 1.30 bits per heavy atom. The van der Waals surface area contributed by atoms with Crippen LogP contribution in [0.15, 0.2) is 22.8 Å². The molecule has 0 aliphatic heterocycles. The van der Waals surface area contributed by atoms with E-state index in [-0.39, 0.29) is 0 Å². The van der Waals surface area contributed by atoms with E-state index in [0.29, 0.717) is 6.04 Å². The molecule has 0 N–H and O–H groups in total. The van der Waals surface area contributed by atoms with Crippen LogP contribution in [0, 0.1) is 5.92 Å². The lowest BCUT2D eigenvalue weighted by Gasteiger charge is -2.27. The third kappa shape index (κ3) is 2.58. The molecule has 3 nitrogen and oxygen atoms in total. The van der Waals surface area contributed by atoms with Gasteiger partial charge < -0.3 is 4.74 Å². The molecular weight excluding hydrogens is 316 g/mol. The first-order chi connectivity index (χ1) is 9.71. The minimum Gasteiger partial charge on any atom is -0.495 e. The van der Waals surface area contributed by atoms with Crippen LogP contribution in [0.5, 0.6) is 5.75 Å². The molecule has 1 aromatic carbocycles. The molecule has 1 fully saturated rings. The lowest BCUT2D eigenvalue weighted by atomic mass is 9.85. The van der Waals surface area contributed by atoms with Gasteiger partial charge in [0, 0.05) is 17.6 Å². The number of benzene rings is 1. The number of ether oxygens (including phenoxy) is 1. The highest BCUT2D eigenvalue weighted by atomic mass is 79.9. The Hall–Kier alpha value is -1.03. The molecule has 0 bridgehead atoms. The molecule has 0 amide bonds. The van der Waals surface area contributed by atoms with Gasteiger partial charge in [-0.3, -0.25) is 4.68 Å². The lowest BCUT2D eigenvalue weighted by molar-refractivity contribution is 0.257. The summed E-state index contributed by atoms with van der Waals surface area (Å²) in [5, 5.41) is 5.93. The van der Waals surface area contributed by atoms with Gasteiger partial charge in [-0.25, -0.2) is 0 Å². The smallest absolute Gasteiger partial charge is 0.135 e. The van der Waals surface area contributed by atoms with Crippen molar-refractivity contribution in [1.82, 2.24) is 9.78 Å². The molecule has 0 unspecified atom stereocenters. The van der Waals surface area contributed by atoms with Crippen LogP contribution in [-0.2, 0) is 0 Å². The zero-order valence-corrected chi connectivity index (χ0v) is 13.7. The fourth-order valence-electron chi connectivity index (χ4n) is 3.20. The Labute approximate surface area is 128 Å². The van der Waals surface area contributed by atoms with Crippen molar-refractivity contribution in [3.63, 3.8) is 0 Å². The fourth-order valence-corrected chi connectivity index (χ4v) is 3.73. The van der Waals surface area contributed by atoms with Gasteiger partial charge in [0.1, 0.15) is 5.75 Å². The average Bonchev–Trinajstić information content (AvgIpc) is 2.89. The molecule has 2 aromatic rings. The number of nitrogens with zero attached hydrogens (tertiary/aromatic N) is 2. The normalized spacial score (nSPS) is 23.1. The topological polar surface area (TPSA) is 27.1 Å². The SMILES string of the molecule is CC[C@H]1CC[C@H](n2cc3cc(Br)c(OC)cc3n2)CC1. The molecule has 0 saturated heterocycles. The Kier molecular flexibility index (Phi) is 4.01. The first kappa shape index (κ1) is 13.9. The van der Waals surface area contributed by atoms with Gasteiger partial charge in [-0.05, 0) is 53.6 Å². The van der Waals surface area contributed by atoms with Gasteiger partial charge in [0.2, 0.25) is 0 Å². The number of methoxy groups -OCH3 is 1. The summed E-state index contributed by atoms with van der Waals surface area (Å²) in [7, 11) is 1.69. The van der Waals surface area contributed by atoms with Crippen LogP contribution in [0.25, 0.3) is 10.9 Å². The summed E-state index contributed by atoms with van der Waals surface area (Å²) in [4.78, 5) is 0. The Morgan fingerprint density at radius 3 is 2.70 bits per heavy atom. The summed E-state index contributed by atoms with van der Waals surface area (Å²) in [6, 6.07) is 4.66. The summed E-state index contributed by atoms with van der Waals surface area (Å²) in [5.41, 5.74) is 1.02. The molecule has 1 aromatic heterocycles. The first-order valence-electron chi connectivity index (χ1n) is 7.43. The second-order valence-corrected chi connectivity index (χ2v) is 6.59. The molecule has 0 spiro atoms. The predicted molar refractivity (Wildman–Crippen MR) is 85.3 cm³/mol. The number of hydrogen-bond donors (Lipinski definition) is 0. The van der Waals surface area contributed by atoms with E-state index in [1.807, 2.05) is 6.07 Å². The van der Waals surface area contributed by atoms with Gasteiger partial charge in [0.25, 0.3) is 0 Å². The zero-order valence-electron chi connectivity index (χ0n) is 12.1. The van der Waals surface area contributed by atoms with E-state index in [2.05, 4.69) is 39.8 Å². The van der Waals surface area contributed by atoms with E-state index in [1.165, 1.54) is 37.5 Å². The van der Waals surface area contributed by atoms with E-state index in [4.69, 9.17) is 9.84 Å². The highest BCUT2D eigenvalue weighted by molar-refractivity contribution is 9.10.